The average molecular weight is 298 g/mol. The van der Waals surface area contributed by atoms with Crippen LogP contribution in [0.15, 0.2) is 60.6 Å². The van der Waals surface area contributed by atoms with Crippen molar-refractivity contribution in [1.82, 2.24) is 4.98 Å². The number of carbonyl (C=O) groups excluding carboxylic acids is 1. The molecule has 3 rings (SSSR count). The minimum absolute atomic E-state index is 0.242. The second-order valence-electron chi connectivity index (χ2n) is 4.42. The second-order valence-corrected chi connectivity index (χ2v) is 5.52. The first-order valence-electron chi connectivity index (χ1n) is 6.61. The fraction of sp³-hybridized carbons (Fsp3) is 0.125. The van der Waals surface area contributed by atoms with Crippen molar-refractivity contribution < 1.29 is 9.53 Å². The van der Waals surface area contributed by atoms with Crippen molar-refractivity contribution in [3.63, 3.8) is 0 Å². The van der Waals surface area contributed by atoms with Gasteiger partial charge in [-0.2, -0.15) is 0 Å². The molecule has 1 aliphatic heterocycles. The maximum absolute atomic E-state index is 12.4. The van der Waals surface area contributed by atoms with Crippen LogP contribution >= 0.6 is 11.8 Å². The van der Waals surface area contributed by atoms with Crippen molar-refractivity contribution in [3.05, 3.63) is 66.2 Å². The van der Waals surface area contributed by atoms with Crippen LogP contribution in [0.2, 0.25) is 0 Å². The van der Waals surface area contributed by atoms with E-state index in [0.29, 0.717) is 18.1 Å². The number of hydrogen-bond donors (Lipinski definition) is 1. The molecular formula is C16H14N2O2S. The molecule has 1 amide bonds. The van der Waals surface area contributed by atoms with E-state index in [-0.39, 0.29) is 5.91 Å². The molecule has 0 unspecified atom stereocenters. The van der Waals surface area contributed by atoms with Gasteiger partial charge >= 0.3 is 0 Å². The first-order valence-corrected chi connectivity index (χ1v) is 7.60. The molecule has 0 atom stereocenters. The summed E-state index contributed by atoms with van der Waals surface area (Å²) in [7, 11) is 0. The molecular weight excluding hydrogens is 284 g/mol. The molecule has 0 bridgehead atoms. The number of hydrogen-bond acceptors (Lipinski definition) is 4. The smallest absolute Gasteiger partial charge is 0.291 e. The zero-order valence-electron chi connectivity index (χ0n) is 11.3. The van der Waals surface area contributed by atoms with Crippen molar-refractivity contribution in [2.75, 3.05) is 17.7 Å². The number of ether oxygens (including phenoxy) is 1. The number of carbonyl (C=O) groups is 1. The Labute approximate surface area is 127 Å². The van der Waals surface area contributed by atoms with Gasteiger partial charge in [-0.1, -0.05) is 30.3 Å². The Morgan fingerprint density at radius 1 is 1.19 bits per heavy atom. The highest BCUT2D eigenvalue weighted by Gasteiger charge is 2.22. The van der Waals surface area contributed by atoms with Crippen LogP contribution < -0.4 is 5.32 Å². The Morgan fingerprint density at radius 2 is 2.05 bits per heavy atom. The van der Waals surface area contributed by atoms with Gasteiger partial charge < -0.3 is 10.1 Å². The summed E-state index contributed by atoms with van der Waals surface area (Å²) in [6.07, 6.45) is 3.27. The Balaban J connectivity index is 1.89. The summed E-state index contributed by atoms with van der Waals surface area (Å²) in [5.41, 5.74) is 1.65. The summed E-state index contributed by atoms with van der Waals surface area (Å²) < 4.78 is 5.61. The Kier molecular flexibility index (Phi) is 4.21. The zero-order valence-corrected chi connectivity index (χ0v) is 12.1. The molecule has 0 aliphatic carbocycles. The molecule has 0 spiro atoms. The number of thioether (sulfide) groups is 1. The maximum Gasteiger partial charge on any atom is 0.291 e. The average Bonchev–Trinajstić information content (AvgIpc) is 2.56. The lowest BCUT2D eigenvalue weighted by Crippen LogP contribution is -2.21. The normalized spacial score (nSPS) is 14.5. The fourth-order valence-electron chi connectivity index (χ4n) is 2.02. The van der Waals surface area contributed by atoms with E-state index in [1.165, 1.54) is 0 Å². The van der Waals surface area contributed by atoms with E-state index >= 15 is 0 Å². The minimum Gasteiger partial charge on any atom is -0.486 e. The molecule has 2 aromatic rings. The van der Waals surface area contributed by atoms with Gasteiger partial charge in [0.25, 0.3) is 5.91 Å². The van der Waals surface area contributed by atoms with Crippen LogP contribution in [-0.2, 0) is 9.53 Å². The highest BCUT2D eigenvalue weighted by atomic mass is 32.2. The number of nitrogens with one attached hydrogen (secondary N) is 1. The van der Waals surface area contributed by atoms with E-state index in [2.05, 4.69) is 10.3 Å². The second kappa shape index (κ2) is 6.45. The van der Waals surface area contributed by atoms with Crippen molar-refractivity contribution in [2.45, 2.75) is 0 Å². The van der Waals surface area contributed by atoms with Crippen molar-refractivity contribution >= 4 is 28.3 Å². The van der Waals surface area contributed by atoms with E-state index in [0.717, 1.165) is 16.2 Å². The van der Waals surface area contributed by atoms with Crippen LogP contribution in [0.1, 0.15) is 5.56 Å². The summed E-state index contributed by atoms with van der Waals surface area (Å²) in [6.45, 7) is 0.538. The predicted molar refractivity (Wildman–Crippen MR) is 84.6 cm³/mol. The van der Waals surface area contributed by atoms with Crippen LogP contribution in [0.25, 0.3) is 4.91 Å². The summed E-state index contributed by atoms with van der Waals surface area (Å²) >= 11 is 1.64. The Bertz CT molecular complexity index is 656. The van der Waals surface area contributed by atoms with Gasteiger partial charge in [0.2, 0.25) is 0 Å². The predicted octanol–water partition coefficient (Wildman–Crippen LogP) is 3.15. The van der Waals surface area contributed by atoms with Gasteiger partial charge in [-0.25, -0.2) is 0 Å². The number of nitrogens with zero attached hydrogens (tertiary/aromatic N) is 1. The monoisotopic (exact) mass is 298 g/mol. The highest BCUT2D eigenvalue weighted by Crippen LogP contribution is 2.34. The third-order valence-electron chi connectivity index (χ3n) is 2.94. The van der Waals surface area contributed by atoms with Crippen molar-refractivity contribution in [2.24, 2.45) is 0 Å². The molecule has 1 aromatic heterocycles. The molecule has 106 valence electrons. The number of anilines is 1. The van der Waals surface area contributed by atoms with Gasteiger partial charge in [0.15, 0.2) is 5.76 Å². The molecule has 4 nitrogen and oxygen atoms in total. The molecule has 2 heterocycles. The van der Waals surface area contributed by atoms with Gasteiger partial charge in [0.1, 0.15) is 0 Å². The van der Waals surface area contributed by atoms with Crippen LogP contribution in [0.3, 0.4) is 0 Å². The van der Waals surface area contributed by atoms with Crippen molar-refractivity contribution in [3.8, 4) is 0 Å². The molecule has 1 aromatic carbocycles. The topological polar surface area (TPSA) is 51.2 Å². The standard InChI is InChI=1S/C16H14N2O2S/c19-16(18-13-7-4-8-17-11-13)14-15(21-10-9-20-14)12-5-2-1-3-6-12/h1-8,11H,9-10H2,(H,18,19). The lowest BCUT2D eigenvalue weighted by atomic mass is 10.2. The van der Waals surface area contributed by atoms with Gasteiger partial charge in [-0.15, -0.1) is 11.8 Å². The summed E-state index contributed by atoms with van der Waals surface area (Å²) in [5.74, 6) is 0.976. The van der Waals surface area contributed by atoms with Crippen LogP contribution in [-0.4, -0.2) is 23.3 Å². The summed E-state index contributed by atoms with van der Waals surface area (Å²) in [6, 6.07) is 13.4. The zero-order chi connectivity index (χ0) is 14.5. The maximum atomic E-state index is 12.4. The summed E-state index contributed by atoms with van der Waals surface area (Å²) in [4.78, 5) is 17.3. The number of rotatable bonds is 3. The number of aromatic nitrogens is 1. The van der Waals surface area contributed by atoms with E-state index in [1.54, 1.807) is 36.3 Å². The third-order valence-corrected chi connectivity index (χ3v) is 4.02. The van der Waals surface area contributed by atoms with Gasteiger partial charge in [0.05, 0.1) is 23.4 Å². The molecule has 0 radical (unpaired) electrons. The minimum atomic E-state index is -0.242. The molecule has 0 saturated carbocycles. The van der Waals surface area contributed by atoms with E-state index in [1.807, 2.05) is 30.3 Å². The highest BCUT2D eigenvalue weighted by molar-refractivity contribution is 8.08. The van der Waals surface area contributed by atoms with Crippen molar-refractivity contribution in [1.29, 1.82) is 0 Å². The first-order chi connectivity index (χ1) is 10.3. The lowest BCUT2D eigenvalue weighted by Gasteiger charge is -2.20. The first kappa shape index (κ1) is 13.7. The van der Waals surface area contributed by atoms with E-state index < -0.39 is 0 Å². The van der Waals surface area contributed by atoms with E-state index in [4.69, 9.17) is 4.74 Å². The van der Waals surface area contributed by atoms with Gasteiger partial charge in [-0.3, -0.25) is 9.78 Å². The lowest BCUT2D eigenvalue weighted by molar-refractivity contribution is -0.115. The van der Waals surface area contributed by atoms with Gasteiger partial charge in [-0.05, 0) is 17.7 Å². The molecule has 5 heteroatoms. The van der Waals surface area contributed by atoms with Crippen LogP contribution in [0.4, 0.5) is 5.69 Å². The number of pyridine rings is 1. The fourth-order valence-corrected chi connectivity index (χ4v) is 2.97. The number of benzene rings is 1. The third kappa shape index (κ3) is 3.25. The molecule has 0 saturated heterocycles. The molecule has 1 N–H and O–H groups in total. The van der Waals surface area contributed by atoms with Crippen LogP contribution in [0.5, 0.6) is 0 Å². The Hall–Kier alpha value is -2.27. The summed E-state index contributed by atoms with van der Waals surface area (Å²) in [5, 5.41) is 2.81. The van der Waals surface area contributed by atoms with Gasteiger partial charge in [0, 0.05) is 11.9 Å². The largest absolute Gasteiger partial charge is 0.486 e. The van der Waals surface area contributed by atoms with E-state index in [9.17, 15) is 4.79 Å². The molecule has 21 heavy (non-hydrogen) atoms. The molecule has 0 fully saturated rings. The van der Waals surface area contributed by atoms with Crippen LogP contribution in [0, 0.1) is 0 Å². The quantitative estimate of drug-likeness (QED) is 0.945. The molecule has 1 aliphatic rings. The number of amides is 1. The Morgan fingerprint density at radius 3 is 2.81 bits per heavy atom. The SMILES string of the molecule is O=C(Nc1cccnc1)C1=C(c2ccccc2)SCCO1.